The van der Waals surface area contributed by atoms with Crippen molar-refractivity contribution < 1.29 is 9.47 Å². The standard InChI is InChI=1S/C11H14BrNO2/c1-7-5-9-11(15-6-14-9)10(12)8(7)3-4-13-2/h5,13H,3-4,6H2,1-2H3. The van der Waals surface area contributed by atoms with Crippen LogP contribution in [-0.2, 0) is 6.42 Å². The Bertz CT molecular complexity index is 379. The zero-order valence-electron chi connectivity index (χ0n) is 8.89. The van der Waals surface area contributed by atoms with Gasteiger partial charge in [0.15, 0.2) is 11.5 Å². The van der Waals surface area contributed by atoms with E-state index >= 15 is 0 Å². The predicted octanol–water partition coefficient (Wildman–Crippen LogP) is 2.25. The number of ether oxygens (including phenoxy) is 2. The Morgan fingerprint density at radius 3 is 3.00 bits per heavy atom. The maximum atomic E-state index is 5.42. The van der Waals surface area contributed by atoms with Crippen LogP contribution in [0.25, 0.3) is 0 Å². The SMILES string of the molecule is CNCCc1c(C)cc2c(c1Br)OCO2. The van der Waals surface area contributed by atoms with Gasteiger partial charge >= 0.3 is 0 Å². The van der Waals surface area contributed by atoms with Crippen molar-refractivity contribution in [2.45, 2.75) is 13.3 Å². The van der Waals surface area contributed by atoms with Crippen molar-refractivity contribution in [2.24, 2.45) is 0 Å². The van der Waals surface area contributed by atoms with Crippen LogP contribution >= 0.6 is 15.9 Å². The molecule has 0 radical (unpaired) electrons. The van der Waals surface area contributed by atoms with Crippen molar-refractivity contribution in [1.29, 1.82) is 0 Å². The zero-order chi connectivity index (χ0) is 10.8. The fraction of sp³-hybridized carbons (Fsp3) is 0.455. The lowest BCUT2D eigenvalue weighted by molar-refractivity contribution is 0.173. The average molecular weight is 272 g/mol. The van der Waals surface area contributed by atoms with Gasteiger partial charge in [0.05, 0.1) is 4.47 Å². The van der Waals surface area contributed by atoms with Crippen molar-refractivity contribution in [3.63, 3.8) is 0 Å². The van der Waals surface area contributed by atoms with Gasteiger partial charge in [0.25, 0.3) is 0 Å². The van der Waals surface area contributed by atoms with E-state index in [1.165, 1.54) is 11.1 Å². The molecule has 0 atom stereocenters. The van der Waals surface area contributed by atoms with E-state index in [0.717, 1.165) is 28.9 Å². The van der Waals surface area contributed by atoms with E-state index in [-0.39, 0.29) is 0 Å². The molecule has 1 heterocycles. The van der Waals surface area contributed by atoms with Crippen molar-refractivity contribution in [3.05, 3.63) is 21.7 Å². The lowest BCUT2D eigenvalue weighted by atomic mass is 10.0. The summed E-state index contributed by atoms with van der Waals surface area (Å²) in [6.45, 7) is 3.37. The number of aryl methyl sites for hydroxylation is 1. The maximum Gasteiger partial charge on any atom is 0.231 e. The van der Waals surface area contributed by atoms with Crippen LogP contribution in [-0.4, -0.2) is 20.4 Å². The molecular formula is C11H14BrNO2. The molecule has 0 fully saturated rings. The van der Waals surface area contributed by atoms with E-state index in [1.54, 1.807) is 0 Å². The Morgan fingerprint density at radius 2 is 2.27 bits per heavy atom. The number of hydrogen-bond acceptors (Lipinski definition) is 3. The number of fused-ring (bicyclic) bond motifs is 1. The van der Waals surface area contributed by atoms with Gasteiger partial charge in [-0.05, 0) is 60.1 Å². The molecule has 0 spiro atoms. The second-order valence-electron chi connectivity index (χ2n) is 3.57. The van der Waals surface area contributed by atoms with Crippen LogP contribution in [0.15, 0.2) is 10.5 Å². The molecule has 0 aromatic heterocycles. The van der Waals surface area contributed by atoms with Gasteiger partial charge in [0.1, 0.15) is 0 Å². The summed E-state index contributed by atoms with van der Waals surface area (Å²) in [5, 5.41) is 3.15. The van der Waals surface area contributed by atoms with Gasteiger partial charge in [0.2, 0.25) is 6.79 Å². The van der Waals surface area contributed by atoms with Gasteiger partial charge in [-0.15, -0.1) is 0 Å². The molecule has 1 aromatic carbocycles. The topological polar surface area (TPSA) is 30.5 Å². The number of nitrogens with one attached hydrogen (secondary N) is 1. The third kappa shape index (κ3) is 1.96. The van der Waals surface area contributed by atoms with E-state index < -0.39 is 0 Å². The summed E-state index contributed by atoms with van der Waals surface area (Å²) in [6.07, 6.45) is 0.986. The molecule has 15 heavy (non-hydrogen) atoms. The van der Waals surface area contributed by atoms with Crippen LogP contribution in [0, 0.1) is 6.92 Å². The molecule has 0 saturated carbocycles. The number of benzene rings is 1. The highest BCUT2D eigenvalue weighted by Gasteiger charge is 2.20. The van der Waals surface area contributed by atoms with E-state index in [2.05, 4.69) is 28.2 Å². The van der Waals surface area contributed by atoms with Gasteiger partial charge in [-0.25, -0.2) is 0 Å². The summed E-state index contributed by atoms with van der Waals surface area (Å²) in [7, 11) is 1.95. The van der Waals surface area contributed by atoms with E-state index in [0.29, 0.717) is 6.79 Å². The first-order valence-corrected chi connectivity index (χ1v) is 5.75. The summed E-state index contributed by atoms with van der Waals surface area (Å²) in [5.41, 5.74) is 2.52. The first-order chi connectivity index (χ1) is 7.24. The molecule has 0 aliphatic carbocycles. The van der Waals surface area contributed by atoms with Gasteiger partial charge in [-0.1, -0.05) is 0 Å². The Hall–Kier alpha value is -0.740. The monoisotopic (exact) mass is 271 g/mol. The molecule has 1 N–H and O–H groups in total. The summed E-state index contributed by atoms with van der Waals surface area (Å²) in [6, 6.07) is 2.04. The summed E-state index contributed by atoms with van der Waals surface area (Å²) in [4.78, 5) is 0. The third-order valence-corrected chi connectivity index (χ3v) is 3.39. The normalized spacial score (nSPS) is 13.3. The molecular weight excluding hydrogens is 258 g/mol. The molecule has 82 valence electrons. The molecule has 1 aliphatic rings. The van der Waals surface area contributed by atoms with Crippen LogP contribution in [0.4, 0.5) is 0 Å². The minimum atomic E-state index is 0.322. The van der Waals surface area contributed by atoms with Crippen LogP contribution in [0.1, 0.15) is 11.1 Å². The van der Waals surface area contributed by atoms with Crippen molar-refractivity contribution in [1.82, 2.24) is 5.32 Å². The summed E-state index contributed by atoms with van der Waals surface area (Å²) >= 11 is 3.58. The molecule has 0 unspecified atom stereocenters. The highest BCUT2D eigenvalue weighted by molar-refractivity contribution is 9.10. The lowest BCUT2D eigenvalue weighted by Crippen LogP contribution is -2.11. The molecule has 0 bridgehead atoms. The number of hydrogen-bond donors (Lipinski definition) is 1. The predicted molar refractivity (Wildman–Crippen MR) is 62.6 cm³/mol. The molecule has 0 saturated heterocycles. The van der Waals surface area contributed by atoms with Gasteiger partial charge in [-0.3, -0.25) is 0 Å². The van der Waals surface area contributed by atoms with E-state index in [4.69, 9.17) is 9.47 Å². The van der Waals surface area contributed by atoms with E-state index in [1.807, 2.05) is 13.1 Å². The smallest absolute Gasteiger partial charge is 0.231 e. The Balaban J connectivity index is 2.37. The van der Waals surface area contributed by atoms with Gasteiger partial charge in [0, 0.05) is 0 Å². The lowest BCUT2D eigenvalue weighted by Gasteiger charge is -2.10. The Morgan fingerprint density at radius 1 is 1.47 bits per heavy atom. The highest BCUT2D eigenvalue weighted by Crippen LogP contribution is 2.42. The van der Waals surface area contributed by atoms with Crippen LogP contribution < -0.4 is 14.8 Å². The third-order valence-electron chi connectivity index (χ3n) is 2.55. The molecule has 1 aromatic rings. The molecule has 2 rings (SSSR count). The quantitative estimate of drug-likeness (QED) is 0.915. The number of rotatable bonds is 3. The van der Waals surface area contributed by atoms with Crippen molar-refractivity contribution >= 4 is 15.9 Å². The molecule has 1 aliphatic heterocycles. The van der Waals surface area contributed by atoms with Gasteiger partial charge < -0.3 is 14.8 Å². The number of likely N-dealkylation sites (N-methyl/N-ethyl adjacent to an activating group) is 1. The average Bonchev–Trinajstić information content (AvgIpc) is 2.65. The fourth-order valence-corrected chi connectivity index (χ4v) is 2.54. The van der Waals surface area contributed by atoms with E-state index in [9.17, 15) is 0 Å². The second-order valence-corrected chi connectivity index (χ2v) is 4.37. The second kappa shape index (κ2) is 4.41. The van der Waals surface area contributed by atoms with Crippen LogP contribution in [0.5, 0.6) is 11.5 Å². The first-order valence-electron chi connectivity index (χ1n) is 4.96. The minimum Gasteiger partial charge on any atom is -0.454 e. The van der Waals surface area contributed by atoms with Crippen molar-refractivity contribution in [3.8, 4) is 11.5 Å². The molecule has 3 nitrogen and oxygen atoms in total. The molecule has 4 heteroatoms. The van der Waals surface area contributed by atoms with Crippen LogP contribution in [0.3, 0.4) is 0 Å². The fourth-order valence-electron chi connectivity index (χ4n) is 1.72. The zero-order valence-corrected chi connectivity index (χ0v) is 10.5. The summed E-state index contributed by atoms with van der Waals surface area (Å²) in [5.74, 6) is 1.68. The van der Waals surface area contributed by atoms with Gasteiger partial charge in [-0.2, -0.15) is 0 Å². The maximum absolute atomic E-state index is 5.42. The summed E-state index contributed by atoms with van der Waals surface area (Å²) < 4.78 is 11.8. The largest absolute Gasteiger partial charge is 0.454 e. The number of halogens is 1. The van der Waals surface area contributed by atoms with Crippen molar-refractivity contribution in [2.75, 3.05) is 20.4 Å². The Kier molecular flexibility index (Phi) is 3.17. The molecule has 0 amide bonds. The Labute approximate surface area is 97.9 Å². The van der Waals surface area contributed by atoms with Crippen LogP contribution in [0.2, 0.25) is 0 Å². The first kappa shape index (κ1) is 10.8. The minimum absolute atomic E-state index is 0.322. The highest BCUT2D eigenvalue weighted by atomic mass is 79.9.